The van der Waals surface area contributed by atoms with Crippen molar-refractivity contribution in [1.82, 2.24) is 20.2 Å². The van der Waals surface area contributed by atoms with Crippen LogP contribution in [0.25, 0.3) is 11.4 Å². The number of carbonyl (C=O) groups is 1. The summed E-state index contributed by atoms with van der Waals surface area (Å²) in [6.45, 7) is 1.90. The average Bonchev–Trinajstić information content (AvgIpc) is 2.85. The van der Waals surface area contributed by atoms with Crippen LogP contribution in [-0.2, 0) is 4.79 Å². The van der Waals surface area contributed by atoms with Gasteiger partial charge in [0.2, 0.25) is 0 Å². The number of aliphatic carboxylic acids is 1. The molecule has 1 aromatic heterocycles. The normalized spacial score (nSPS) is 12.3. The van der Waals surface area contributed by atoms with E-state index in [1.807, 2.05) is 6.92 Å². The first-order chi connectivity index (χ1) is 10.0. The van der Waals surface area contributed by atoms with Crippen molar-refractivity contribution in [3.63, 3.8) is 0 Å². The Kier molecular flexibility index (Phi) is 4.56. The van der Waals surface area contributed by atoms with Gasteiger partial charge >= 0.3 is 5.97 Å². The molecule has 112 valence electrons. The number of rotatable bonds is 6. The van der Waals surface area contributed by atoms with Gasteiger partial charge in [0.1, 0.15) is 11.6 Å². The molecule has 0 saturated heterocycles. The number of nitrogens with zero attached hydrogens (tertiary/aromatic N) is 4. The summed E-state index contributed by atoms with van der Waals surface area (Å²) in [6.07, 6.45) is 1.11. The number of tetrazole rings is 1. The van der Waals surface area contributed by atoms with Crippen LogP contribution in [-0.4, -0.2) is 31.3 Å². The molecule has 0 saturated carbocycles. The average molecular weight is 296 g/mol. The minimum Gasteiger partial charge on any atom is -0.481 e. The second-order valence-corrected chi connectivity index (χ2v) is 4.65. The molecule has 8 heteroatoms. The quantitative estimate of drug-likeness (QED) is 0.885. The lowest BCUT2D eigenvalue weighted by Gasteiger charge is -2.15. The third kappa shape index (κ3) is 3.59. The first-order valence-corrected chi connectivity index (χ1v) is 6.47. The van der Waals surface area contributed by atoms with E-state index in [0.29, 0.717) is 6.42 Å². The molecule has 1 unspecified atom stereocenters. The van der Waals surface area contributed by atoms with Gasteiger partial charge in [0.15, 0.2) is 5.82 Å². The Hall–Kier alpha value is -2.38. The Balaban J connectivity index is 2.42. The van der Waals surface area contributed by atoms with Crippen molar-refractivity contribution in [2.24, 2.45) is 0 Å². The second kappa shape index (κ2) is 6.38. The van der Waals surface area contributed by atoms with E-state index in [4.69, 9.17) is 5.11 Å². The van der Waals surface area contributed by atoms with Crippen molar-refractivity contribution < 1.29 is 18.7 Å². The third-order valence-corrected chi connectivity index (χ3v) is 2.99. The number of aromatic nitrogens is 4. The summed E-state index contributed by atoms with van der Waals surface area (Å²) in [5.74, 6) is -2.33. The summed E-state index contributed by atoms with van der Waals surface area (Å²) in [6, 6.07) is 2.49. The number of halogens is 2. The number of carboxylic acid groups (broad SMARTS) is 1. The highest BCUT2D eigenvalue weighted by molar-refractivity contribution is 5.67. The highest BCUT2D eigenvalue weighted by Gasteiger charge is 2.21. The van der Waals surface area contributed by atoms with E-state index in [2.05, 4.69) is 15.5 Å². The topological polar surface area (TPSA) is 80.9 Å². The first-order valence-electron chi connectivity index (χ1n) is 6.47. The van der Waals surface area contributed by atoms with Crippen molar-refractivity contribution >= 4 is 5.97 Å². The fraction of sp³-hybridized carbons (Fsp3) is 0.385. The molecule has 1 aromatic carbocycles. The van der Waals surface area contributed by atoms with E-state index in [1.165, 1.54) is 4.68 Å². The number of hydrogen-bond donors (Lipinski definition) is 1. The van der Waals surface area contributed by atoms with Crippen molar-refractivity contribution in [3.05, 3.63) is 29.8 Å². The summed E-state index contributed by atoms with van der Waals surface area (Å²) in [5.41, 5.74) is 0.170. The molecule has 0 spiro atoms. The maximum Gasteiger partial charge on any atom is 0.305 e. The van der Waals surface area contributed by atoms with Crippen molar-refractivity contribution in [2.75, 3.05) is 0 Å². The van der Waals surface area contributed by atoms with Crippen LogP contribution in [0.3, 0.4) is 0 Å². The largest absolute Gasteiger partial charge is 0.481 e. The zero-order valence-electron chi connectivity index (χ0n) is 11.3. The van der Waals surface area contributed by atoms with Gasteiger partial charge in [-0.1, -0.05) is 13.3 Å². The summed E-state index contributed by atoms with van der Waals surface area (Å²) < 4.78 is 27.9. The molecular formula is C13H14F2N4O2. The van der Waals surface area contributed by atoms with Crippen LogP contribution in [0, 0.1) is 11.6 Å². The first kappa shape index (κ1) is 15.0. The van der Waals surface area contributed by atoms with Crippen LogP contribution in [0.2, 0.25) is 0 Å². The van der Waals surface area contributed by atoms with Crippen molar-refractivity contribution in [2.45, 2.75) is 32.2 Å². The molecule has 0 aliphatic carbocycles. The molecule has 0 fully saturated rings. The molecule has 1 atom stereocenters. The van der Waals surface area contributed by atoms with Crippen LogP contribution in [0.4, 0.5) is 8.78 Å². The van der Waals surface area contributed by atoms with E-state index >= 15 is 0 Å². The Morgan fingerprint density at radius 1 is 1.33 bits per heavy atom. The van der Waals surface area contributed by atoms with Crippen LogP contribution in [0.5, 0.6) is 0 Å². The number of hydrogen-bond acceptors (Lipinski definition) is 4. The maximum atomic E-state index is 13.3. The lowest BCUT2D eigenvalue weighted by molar-refractivity contribution is -0.138. The summed E-state index contributed by atoms with van der Waals surface area (Å²) >= 11 is 0. The molecule has 2 aromatic rings. The molecule has 21 heavy (non-hydrogen) atoms. The van der Waals surface area contributed by atoms with Gasteiger partial charge in [-0.15, -0.1) is 5.10 Å². The van der Waals surface area contributed by atoms with Crippen LogP contribution < -0.4 is 0 Å². The SMILES string of the molecule is CCCC(CC(=O)O)n1nnnc1-c1cc(F)cc(F)c1. The van der Waals surface area contributed by atoms with Crippen LogP contribution >= 0.6 is 0 Å². The van der Waals surface area contributed by atoms with E-state index in [0.717, 1.165) is 24.6 Å². The second-order valence-electron chi connectivity index (χ2n) is 4.65. The summed E-state index contributed by atoms with van der Waals surface area (Å²) in [5, 5.41) is 20.0. The molecule has 0 radical (unpaired) electrons. The van der Waals surface area contributed by atoms with Gasteiger partial charge in [0.05, 0.1) is 12.5 Å². The predicted octanol–water partition coefficient (Wildman–Crippen LogP) is 2.43. The molecule has 2 rings (SSSR count). The standard InChI is InChI=1S/C13H14F2N4O2/c1-2-3-11(7-12(20)21)19-13(16-17-18-19)8-4-9(14)6-10(15)5-8/h4-6,11H,2-3,7H2,1H3,(H,20,21). The Bertz CT molecular complexity index is 625. The lowest BCUT2D eigenvalue weighted by Crippen LogP contribution is -2.16. The molecule has 1 N–H and O–H groups in total. The fourth-order valence-corrected chi connectivity index (χ4v) is 2.16. The predicted molar refractivity (Wildman–Crippen MR) is 69.4 cm³/mol. The Labute approximate surface area is 119 Å². The maximum absolute atomic E-state index is 13.3. The zero-order valence-corrected chi connectivity index (χ0v) is 11.3. The molecule has 0 aliphatic heterocycles. The van der Waals surface area contributed by atoms with Gasteiger partial charge < -0.3 is 5.11 Å². The highest BCUT2D eigenvalue weighted by Crippen LogP contribution is 2.25. The van der Waals surface area contributed by atoms with Crippen LogP contribution in [0.1, 0.15) is 32.2 Å². The van der Waals surface area contributed by atoms with E-state index in [-0.39, 0.29) is 17.8 Å². The monoisotopic (exact) mass is 296 g/mol. The van der Waals surface area contributed by atoms with Gasteiger partial charge in [-0.3, -0.25) is 4.79 Å². The van der Waals surface area contributed by atoms with E-state index in [9.17, 15) is 13.6 Å². The van der Waals surface area contributed by atoms with Gasteiger partial charge in [-0.05, 0) is 29.0 Å². The lowest BCUT2D eigenvalue weighted by atomic mass is 10.1. The van der Waals surface area contributed by atoms with E-state index < -0.39 is 23.6 Å². The minimum absolute atomic E-state index is 0.146. The minimum atomic E-state index is -0.986. The fourth-order valence-electron chi connectivity index (χ4n) is 2.16. The van der Waals surface area contributed by atoms with Gasteiger partial charge in [-0.25, -0.2) is 13.5 Å². The third-order valence-electron chi connectivity index (χ3n) is 2.99. The Morgan fingerprint density at radius 3 is 2.57 bits per heavy atom. The summed E-state index contributed by atoms with van der Waals surface area (Å²) in [7, 11) is 0. The van der Waals surface area contributed by atoms with Gasteiger partial charge in [0, 0.05) is 11.6 Å². The Morgan fingerprint density at radius 2 is 2.00 bits per heavy atom. The number of benzene rings is 1. The smallest absolute Gasteiger partial charge is 0.305 e. The molecular weight excluding hydrogens is 282 g/mol. The van der Waals surface area contributed by atoms with Crippen LogP contribution in [0.15, 0.2) is 18.2 Å². The molecule has 1 heterocycles. The van der Waals surface area contributed by atoms with E-state index in [1.54, 1.807) is 0 Å². The summed E-state index contributed by atoms with van der Waals surface area (Å²) in [4.78, 5) is 10.9. The zero-order chi connectivity index (χ0) is 15.4. The molecule has 0 bridgehead atoms. The number of carboxylic acids is 1. The molecule has 6 nitrogen and oxygen atoms in total. The molecule has 0 aliphatic rings. The van der Waals surface area contributed by atoms with Crippen molar-refractivity contribution in [3.8, 4) is 11.4 Å². The van der Waals surface area contributed by atoms with Gasteiger partial charge in [-0.2, -0.15) is 0 Å². The molecule has 0 amide bonds. The highest BCUT2D eigenvalue weighted by atomic mass is 19.1. The van der Waals surface area contributed by atoms with Gasteiger partial charge in [0.25, 0.3) is 0 Å². The van der Waals surface area contributed by atoms with Crippen molar-refractivity contribution in [1.29, 1.82) is 0 Å².